The second kappa shape index (κ2) is 14.0. The average Bonchev–Trinajstić information content (AvgIpc) is 2.89. The lowest BCUT2D eigenvalue weighted by molar-refractivity contribution is -0.155. The summed E-state index contributed by atoms with van der Waals surface area (Å²) in [6.45, 7) is 8.74. The van der Waals surface area contributed by atoms with E-state index in [1.54, 1.807) is 33.2 Å². The van der Waals surface area contributed by atoms with Crippen molar-refractivity contribution in [2.45, 2.75) is 59.0 Å². The predicted molar refractivity (Wildman–Crippen MR) is 151 cm³/mol. The highest BCUT2D eigenvalue weighted by Gasteiger charge is 2.17. The van der Waals surface area contributed by atoms with Crippen LogP contribution in [0, 0.1) is 0 Å². The van der Waals surface area contributed by atoms with Crippen molar-refractivity contribution in [3.8, 4) is 0 Å². The lowest BCUT2D eigenvalue weighted by atomic mass is 10.1. The van der Waals surface area contributed by atoms with Gasteiger partial charge in [0.25, 0.3) is 5.91 Å². The van der Waals surface area contributed by atoms with Crippen molar-refractivity contribution in [3.63, 3.8) is 0 Å². The molecule has 0 aliphatic heterocycles. The van der Waals surface area contributed by atoms with Crippen LogP contribution in [0.4, 0.5) is 17.5 Å². The van der Waals surface area contributed by atoms with Crippen molar-refractivity contribution in [3.05, 3.63) is 48.4 Å². The molecular weight excluding hydrogens is 498 g/mol. The number of ether oxygens (including phenoxy) is 1. The van der Waals surface area contributed by atoms with Crippen molar-refractivity contribution in [2.75, 3.05) is 30.3 Å². The maximum atomic E-state index is 12.8. The Kier molecular flexibility index (Phi) is 10.5. The normalized spacial score (nSPS) is 11.1. The van der Waals surface area contributed by atoms with Gasteiger partial charge in [-0.25, -0.2) is 4.98 Å². The van der Waals surface area contributed by atoms with Crippen LogP contribution in [-0.4, -0.2) is 58.0 Å². The second-order valence-corrected chi connectivity index (χ2v) is 9.99. The number of carbonyl (C=O) groups is 3. The number of fused-ring (bicyclic) bond motifs is 1. The molecule has 2 amide bonds. The third-order valence-corrected chi connectivity index (χ3v) is 5.41. The molecule has 0 atom stereocenters. The molecule has 11 nitrogen and oxygen atoms in total. The summed E-state index contributed by atoms with van der Waals surface area (Å²) in [5, 5.41) is 14.1. The molecule has 0 saturated carbocycles. The number of pyridine rings is 1. The molecular formula is C28H37N7O4. The van der Waals surface area contributed by atoms with Crippen LogP contribution in [-0.2, 0) is 14.3 Å². The molecule has 1 aromatic carbocycles. The smallest absolute Gasteiger partial charge is 0.306 e. The molecule has 208 valence electrons. The first kappa shape index (κ1) is 29.3. The standard InChI is InChI=1S/C28H37N7O4/c1-5-12-31-25-22(18-33-27(35-25)34-21-8-7-20-17-29-15-11-19(20)16-21)26(38)32-14-6-13-30-23(36)9-10-24(37)39-28(2,3)4/h7-8,11,15-18H,5-6,9-10,12-14H2,1-4H3,(H,30,36)(H,32,38)(H2,31,33,34,35). The van der Waals surface area contributed by atoms with Crippen molar-refractivity contribution >= 4 is 46.0 Å². The lowest BCUT2D eigenvalue weighted by Crippen LogP contribution is -2.31. The first-order valence-electron chi connectivity index (χ1n) is 13.1. The molecule has 0 spiro atoms. The van der Waals surface area contributed by atoms with Gasteiger partial charge in [0.2, 0.25) is 11.9 Å². The van der Waals surface area contributed by atoms with E-state index in [9.17, 15) is 14.4 Å². The fraction of sp³-hybridized carbons (Fsp3) is 0.429. The number of benzene rings is 1. The van der Waals surface area contributed by atoms with Crippen LogP contribution in [0.2, 0.25) is 0 Å². The monoisotopic (exact) mass is 535 g/mol. The van der Waals surface area contributed by atoms with Crippen molar-refractivity contribution < 1.29 is 19.1 Å². The van der Waals surface area contributed by atoms with E-state index in [0.29, 0.717) is 43.4 Å². The molecule has 0 aliphatic rings. The van der Waals surface area contributed by atoms with Crippen LogP contribution in [0.25, 0.3) is 10.8 Å². The van der Waals surface area contributed by atoms with E-state index in [0.717, 1.165) is 22.9 Å². The minimum atomic E-state index is -0.575. The van der Waals surface area contributed by atoms with Gasteiger partial charge in [-0.2, -0.15) is 4.98 Å². The van der Waals surface area contributed by atoms with E-state index in [4.69, 9.17) is 4.74 Å². The summed E-state index contributed by atoms with van der Waals surface area (Å²) in [6, 6.07) is 7.80. The number of rotatable bonds is 13. The predicted octanol–water partition coefficient (Wildman–Crippen LogP) is 3.95. The molecule has 3 rings (SSSR count). The molecule has 0 radical (unpaired) electrons. The van der Waals surface area contributed by atoms with Gasteiger partial charge in [-0.3, -0.25) is 19.4 Å². The van der Waals surface area contributed by atoms with Crippen molar-refractivity contribution in [1.82, 2.24) is 25.6 Å². The van der Waals surface area contributed by atoms with Crippen LogP contribution in [0.1, 0.15) is 63.7 Å². The van der Waals surface area contributed by atoms with E-state index in [1.807, 2.05) is 31.2 Å². The highest BCUT2D eigenvalue weighted by atomic mass is 16.6. The van der Waals surface area contributed by atoms with E-state index < -0.39 is 11.6 Å². The Labute approximate surface area is 228 Å². The molecule has 2 aromatic heterocycles. The van der Waals surface area contributed by atoms with E-state index in [2.05, 4.69) is 36.2 Å². The molecule has 11 heteroatoms. The van der Waals surface area contributed by atoms with Crippen LogP contribution in [0.5, 0.6) is 0 Å². The Hall–Kier alpha value is -4.28. The minimum absolute atomic E-state index is 0.0244. The van der Waals surface area contributed by atoms with E-state index in [-0.39, 0.29) is 24.7 Å². The van der Waals surface area contributed by atoms with Gasteiger partial charge in [-0.15, -0.1) is 0 Å². The number of aromatic nitrogens is 3. The van der Waals surface area contributed by atoms with Gasteiger partial charge in [0.15, 0.2) is 0 Å². The van der Waals surface area contributed by atoms with Gasteiger partial charge in [-0.05, 0) is 57.2 Å². The van der Waals surface area contributed by atoms with Gasteiger partial charge in [-0.1, -0.05) is 13.0 Å². The van der Waals surface area contributed by atoms with E-state index in [1.165, 1.54) is 6.20 Å². The molecule has 2 heterocycles. The van der Waals surface area contributed by atoms with Crippen LogP contribution < -0.4 is 21.3 Å². The third-order valence-electron chi connectivity index (χ3n) is 5.41. The number of amides is 2. The minimum Gasteiger partial charge on any atom is -0.460 e. The molecule has 3 aromatic rings. The average molecular weight is 536 g/mol. The maximum absolute atomic E-state index is 12.8. The Morgan fingerprint density at radius 3 is 2.51 bits per heavy atom. The number of esters is 1. The number of carbonyl (C=O) groups excluding carboxylic acids is 3. The molecule has 39 heavy (non-hydrogen) atoms. The molecule has 0 fully saturated rings. The van der Waals surface area contributed by atoms with Gasteiger partial charge < -0.3 is 26.0 Å². The summed E-state index contributed by atoms with van der Waals surface area (Å²) >= 11 is 0. The first-order valence-corrected chi connectivity index (χ1v) is 13.1. The lowest BCUT2D eigenvalue weighted by Gasteiger charge is -2.19. The third kappa shape index (κ3) is 9.84. The first-order chi connectivity index (χ1) is 18.6. The van der Waals surface area contributed by atoms with Crippen molar-refractivity contribution in [1.29, 1.82) is 0 Å². The van der Waals surface area contributed by atoms with E-state index >= 15 is 0 Å². The molecule has 0 saturated heterocycles. The second-order valence-electron chi connectivity index (χ2n) is 9.99. The zero-order chi connectivity index (χ0) is 28.3. The van der Waals surface area contributed by atoms with Gasteiger partial charge in [0, 0.05) is 55.7 Å². The summed E-state index contributed by atoms with van der Waals surface area (Å²) in [4.78, 5) is 49.5. The van der Waals surface area contributed by atoms with Crippen molar-refractivity contribution in [2.24, 2.45) is 0 Å². The number of nitrogens with zero attached hydrogens (tertiary/aromatic N) is 3. The molecule has 0 bridgehead atoms. The molecule has 0 aliphatic carbocycles. The van der Waals surface area contributed by atoms with Gasteiger partial charge in [0.1, 0.15) is 17.0 Å². The fourth-order valence-electron chi connectivity index (χ4n) is 3.59. The largest absolute Gasteiger partial charge is 0.460 e. The summed E-state index contributed by atoms with van der Waals surface area (Å²) in [6.07, 6.45) is 6.50. The summed E-state index contributed by atoms with van der Waals surface area (Å²) in [5.41, 5.74) is 0.579. The maximum Gasteiger partial charge on any atom is 0.306 e. The van der Waals surface area contributed by atoms with Crippen LogP contribution >= 0.6 is 0 Å². The SMILES string of the molecule is CCCNc1nc(Nc2ccc3cnccc3c2)ncc1C(=O)NCCCNC(=O)CCC(=O)OC(C)(C)C. The van der Waals surface area contributed by atoms with Gasteiger partial charge in [0.05, 0.1) is 6.42 Å². The Bertz CT molecular complexity index is 1290. The quantitative estimate of drug-likeness (QED) is 0.189. The number of anilines is 3. The number of nitrogens with one attached hydrogen (secondary N) is 4. The molecule has 4 N–H and O–H groups in total. The van der Waals surface area contributed by atoms with Crippen LogP contribution in [0.3, 0.4) is 0 Å². The topological polar surface area (TPSA) is 147 Å². The fourth-order valence-corrected chi connectivity index (χ4v) is 3.59. The summed E-state index contributed by atoms with van der Waals surface area (Å²) in [7, 11) is 0. The summed E-state index contributed by atoms with van der Waals surface area (Å²) in [5.74, 6) is -0.150. The highest BCUT2D eigenvalue weighted by Crippen LogP contribution is 2.22. The zero-order valence-corrected chi connectivity index (χ0v) is 23.0. The highest BCUT2D eigenvalue weighted by molar-refractivity contribution is 5.98. The summed E-state index contributed by atoms with van der Waals surface area (Å²) < 4.78 is 5.20. The Morgan fingerprint density at radius 2 is 1.74 bits per heavy atom. The Balaban J connectivity index is 1.49. The number of hydrogen-bond acceptors (Lipinski definition) is 9. The zero-order valence-electron chi connectivity index (χ0n) is 23.0. The number of hydrogen-bond donors (Lipinski definition) is 4. The Morgan fingerprint density at radius 1 is 0.949 bits per heavy atom. The molecule has 0 unspecified atom stereocenters. The van der Waals surface area contributed by atoms with Crippen LogP contribution in [0.15, 0.2) is 42.9 Å². The van der Waals surface area contributed by atoms with Gasteiger partial charge >= 0.3 is 5.97 Å².